The molecule has 1 aliphatic heterocycles. The van der Waals surface area contributed by atoms with Gasteiger partial charge in [0.25, 0.3) is 0 Å². The van der Waals surface area contributed by atoms with Gasteiger partial charge in [0.2, 0.25) is 0 Å². The Morgan fingerprint density at radius 2 is 1.64 bits per heavy atom. The number of carboxylic acids is 1. The van der Waals surface area contributed by atoms with Crippen molar-refractivity contribution in [2.45, 2.75) is 76.1 Å². The van der Waals surface area contributed by atoms with E-state index >= 15 is 0 Å². The van der Waals surface area contributed by atoms with E-state index in [0.717, 1.165) is 55.8 Å². The molecule has 6 rings (SSSR count). The Morgan fingerprint density at radius 3 is 2.24 bits per heavy atom. The highest BCUT2D eigenvalue weighted by Crippen LogP contribution is 2.43. The number of hydrogen-bond acceptors (Lipinski definition) is 7. The molecule has 0 amide bonds. The highest BCUT2D eigenvalue weighted by molar-refractivity contribution is 8.00. The summed E-state index contributed by atoms with van der Waals surface area (Å²) in [6.45, 7) is 11.3. The molecule has 1 N–H and O–H groups in total. The Balaban J connectivity index is 1.35. The first-order valence-electron chi connectivity index (χ1n) is 16.6. The van der Waals surface area contributed by atoms with Crippen molar-refractivity contribution in [1.29, 1.82) is 0 Å². The number of halogens is 3. The van der Waals surface area contributed by atoms with Crippen LogP contribution in [0.2, 0.25) is 0 Å². The molecule has 0 unspecified atom stereocenters. The van der Waals surface area contributed by atoms with E-state index in [1.807, 2.05) is 37.3 Å². The van der Waals surface area contributed by atoms with Crippen molar-refractivity contribution in [3.63, 3.8) is 0 Å². The lowest BCUT2D eigenvalue weighted by molar-refractivity contribution is -0.143. The van der Waals surface area contributed by atoms with Crippen LogP contribution in [0.15, 0.2) is 78.1 Å². The van der Waals surface area contributed by atoms with E-state index in [1.165, 1.54) is 12.3 Å². The number of nitrogens with zero attached hydrogens (tertiary/aromatic N) is 5. The Bertz CT molecular complexity index is 1950. The van der Waals surface area contributed by atoms with Crippen LogP contribution in [0.1, 0.15) is 62.0 Å². The molecule has 1 aliphatic rings. The lowest BCUT2D eigenvalue weighted by atomic mass is 9.97. The summed E-state index contributed by atoms with van der Waals surface area (Å²) in [5.41, 5.74) is 5.26. The van der Waals surface area contributed by atoms with Gasteiger partial charge in [0.1, 0.15) is 18.1 Å². The van der Waals surface area contributed by atoms with Crippen molar-refractivity contribution < 1.29 is 27.8 Å². The van der Waals surface area contributed by atoms with Crippen LogP contribution >= 0.6 is 11.8 Å². The quantitative estimate of drug-likeness (QED) is 0.145. The standard InChI is InChI=1S/C38H40F3N5O3S/c1-24-18-43-29(20-42-24)23-49-30-10-11-32-31(17-30)35(50-37(2,3)4)33(22-45-15-13-27(14-16-45)36(47)48)46(32)21-25-5-7-26(8-6-25)28-9-12-34(44-19-28)38(39,40)41/h5-12,17-20,27H,13-16,21-23H2,1-4H3,(H,47,48). The highest BCUT2D eigenvalue weighted by Gasteiger charge is 2.32. The average molecular weight is 704 g/mol. The van der Waals surface area contributed by atoms with Crippen LogP contribution in [0.25, 0.3) is 22.0 Å². The fourth-order valence-electron chi connectivity index (χ4n) is 6.12. The SMILES string of the molecule is Cc1cnc(COc2ccc3c(c2)c(SC(C)(C)C)c(CN2CCC(C(=O)O)CC2)n3Cc2ccc(-c3ccc(C(F)(F)F)nc3)cc2)cn1. The maximum Gasteiger partial charge on any atom is 0.433 e. The lowest BCUT2D eigenvalue weighted by Gasteiger charge is -2.31. The van der Waals surface area contributed by atoms with Crippen LogP contribution in [-0.4, -0.2) is 53.3 Å². The first kappa shape index (κ1) is 35.4. The van der Waals surface area contributed by atoms with E-state index in [-0.39, 0.29) is 17.3 Å². The van der Waals surface area contributed by atoms with Gasteiger partial charge in [0.15, 0.2) is 0 Å². The number of rotatable bonds is 10. The zero-order chi connectivity index (χ0) is 35.6. The van der Waals surface area contributed by atoms with E-state index in [4.69, 9.17) is 4.74 Å². The number of aromatic nitrogens is 4. The Labute approximate surface area is 293 Å². The van der Waals surface area contributed by atoms with Crippen LogP contribution in [0.5, 0.6) is 5.75 Å². The molecule has 50 heavy (non-hydrogen) atoms. The number of carboxylic acid groups (broad SMARTS) is 1. The van der Waals surface area contributed by atoms with E-state index in [1.54, 1.807) is 24.2 Å². The van der Waals surface area contributed by atoms with Gasteiger partial charge >= 0.3 is 12.1 Å². The molecule has 262 valence electrons. The number of ether oxygens (including phenoxy) is 1. The van der Waals surface area contributed by atoms with Crippen LogP contribution < -0.4 is 4.74 Å². The summed E-state index contributed by atoms with van der Waals surface area (Å²) in [5, 5.41) is 10.7. The Kier molecular flexibility index (Phi) is 10.2. The van der Waals surface area contributed by atoms with Crippen LogP contribution in [0.4, 0.5) is 13.2 Å². The molecule has 0 saturated carbocycles. The first-order chi connectivity index (χ1) is 23.7. The monoisotopic (exact) mass is 703 g/mol. The molecule has 0 atom stereocenters. The predicted octanol–water partition coefficient (Wildman–Crippen LogP) is 8.64. The number of benzene rings is 2. The van der Waals surface area contributed by atoms with E-state index < -0.39 is 17.8 Å². The third-order valence-corrected chi connectivity index (χ3v) is 9.98. The third kappa shape index (κ3) is 8.47. The second-order valence-electron chi connectivity index (χ2n) is 13.7. The number of pyridine rings is 1. The second kappa shape index (κ2) is 14.4. The second-order valence-corrected chi connectivity index (χ2v) is 15.5. The van der Waals surface area contributed by atoms with Gasteiger partial charge < -0.3 is 14.4 Å². The molecule has 0 aliphatic carbocycles. The fourth-order valence-corrected chi connectivity index (χ4v) is 7.30. The Morgan fingerprint density at radius 1 is 0.920 bits per heavy atom. The van der Waals surface area contributed by atoms with Crippen LogP contribution in [0, 0.1) is 12.8 Å². The minimum atomic E-state index is -4.49. The molecule has 0 bridgehead atoms. The summed E-state index contributed by atoms with van der Waals surface area (Å²) in [4.78, 5) is 27.5. The number of carbonyl (C=O) groups is 1. The number of alkyl halides is 3. The number of likely N-dealkylation sites (tertiary alicyclic amines) is 1. The van der Waals surface area contributed by atoms with Gasteiger partial charge in [0.05, 0.1) is 29.0 Å². The van der Waals surface area contributed by atoms with Crippen molar-refractivity contribution in [1.82, 2.24) is 24.4 Å². The van der Waals surface area contributed by atoms with E-state index in [9.17, 15) is 23.1 Å². The first-order valence-corrected chi connectivity index (χ1v) is 17.4. The zero-order valence-electron chi connectivity index (χ0n) is 28.5. The van der Waals surface area contributed by atoms with Crippen molar-refractivity contribution in [2.75, 3.05) is 13.1 Å². The average Bonchev–Trinajstić information content (AvgIpc) is 3.34. The predicted molar refractivity (Wildman–Crippen MR) is 188 cm³/mol. The molecule has 0 radical (unpaired) electrons. The summed E-state index contributed by atoms with van der Waals surface area (Å²) in [7, 11) is 0. The molecule has 1 saturated heterocycles. The molecular weight excluding hydrogens is 664 g/mol. The topological polar surface area (TPSA) is 93.4 Å². The molecule has 0 spiro atoms. The molecule has 3 aromatic heterocycles. The van der Waals surface area contributed by atoms with Gasteiger partial charge in [-0.15, -0.1) is 11.8 Å². The lowest BCUT2D eigenvalue weighted by Crippen LogP contribution is -2.36. The number of fused-ring (bicyclic) bond motifs is 1. The maximum absolute atomic E-state index is 13.1. The van der Waals surface area contributed by atoms with Gasteiger partial charge in [-0.2, -0.15) is 13.2 Å². The van der Waals surface area contributed by atoms with E-state index in [0.29, 0.717) is 44.6 Å². The van der Waals surface area contributed by atoms with Gasteiger partial charge in [0, 0.05) is 51.8 Å². The van der Waals surface area contributed by atoms with Gasteiger partial charge in [-0.25, -0.2) is 0 Å². The van der Waals surface area contributed by atoms with Crippen LogP contribution in [-0.2, 0) is 30.7 Å². The number of thioether (sulfide) groups is 1. The molecule has 4 heterocycles. The van der Waals surface area contributed by atoms with Gasteiger partial charge in [-0.05, 0) is 68.2 Å². The molecule has 8 nitrogen and oxygen atoms in total. The third-order valence-electron chi connectivity index (χ3n) is 8.71. The van der Waals surface area contributed by atoms with E-state index in [2.05, 4.69) is 57.3 Å². The highest BCUT2D eigenvalue weighted by atomic mass is 32.2. The smallest absolute Gasteiger partial charge is 0.433 e. The minimum absolute atomic E-state index is 0.101. The number of piperidine rings is 1. The summed E-state index contributed by atoms with van der Waals surface area (Å²) >= 11 is 1.80. The van der Waals surface area contributed by atoms with Gasteiger partial charge in [-0.1, -0.05) is 51.1 Å². The normalized spacial score (nSPS) is 14.7. The number of aryl methyl sites for hydroxylation is 1. The molecule has 5 aromatic rings. The maximum atomic E-state index is 13.1. The summed E-state index contributed by atoms with van der Waals surface area (Å²) in [5.74, 6) is -0.338. The molecule has 2 aromatic carbocycles. The largest absolute Gasteiger partial charge is 0.487 e. The summed E-state index contributed by atoms with van der Waals surface area (Å²) in [6.07, 6.45) is 1.42. The van der Waals surface area contributed by atoms with Crippen molar-refractivity contribution >= 4 is 28.6 Å². The minimum Gasteiger partial charge on any atom is -0.487 e. The molecule has 1 fully saturated rings. The number of aliphatic carboxylic acids is 1. The Hall–Kier alpha value is -4.42. The van der Waals surface area contributed by atoms with Gasteiger partial charge in [-0.3, -0.25) is 24.6 Å². The van der Waals surface area contributed by atoms with Crippen molar-refractivity contribution in [3.8, 4) is 16.9 Å². The fraction of sp³-hybridized carbons (Fsp3) is 0.368. The number of hydrogen-bond donors (Lipinski definition) is 1. The summed E-state index contributed by atoms with van der Waals surface area (Å²) in [6, 6.07) is 16.4. The molecule has 12 heteroatoms. The van der Waals surface area contributed by atoms with Crippen molar-refractivity contribution in [3.05, 3.63) is 102 Å². The summed E-state index contributed by atoms with van der Waals surface area (Å²) < 4.78 is 47.6. The molecular formula is C38H40F3N5O3S. The zero-order valence-corrected chi connectivity index (χ0v) is 29.3. The van der Waals surface area contributed by atoms with Crippen LogP contribution in [0.3, 0.4) is 0 Å². The van der Waals surface area contributed by atoms with Crippen molar-refractivity contribution in [2.24, 2.45) is 5.92 Å².